The lowest BCUT2D eigenvalue weighted by molar-refractivity contribution is -0.137. The van der Waals surface area contributed by atoms with Gasteiger partial charge in [-0.05, 0) is 23.3 Å². The maximum atomic E-state index is 12.8. The van der Waals surface area contributed by atoms with Crippen molar-refractivity contribution in [3.8, 4) is 28.0 Å². The van der Waals surface area contributed by atoms with Crippen molar-refractivity contribution in [2.24, 2.45) is 0 Å². The van der Waals surface area contributed by atoms with Crippen molar-refractivity contribution in [3.05, 3.63) is 74.9 Å². The standard InChI is InChI=1S/C20H11ClF3NO2S/c21-17-13(10-4-2-1-3-5-10)15-16(26)14(18(27)25-19(15)28-17)11-6-8-12(9-7-11)20(22,23)24/h1-9H,(H2,25,26,27). The number of hydrogen-bond donors (Lipinski definition) is 2. The van der Waals surface area contributed by atoms with E-state index in [0.717, 1.165) is 41.2 Å². The van der Waals surface area contributed by atoms with Gasteiger partial charge in [-0.1, -0.05) is 54.1 Å². The van der Waals surface area contributed by atoms with Gasteiger partial charge in [0.05, 0.1) is 16.5 Å². The third-order valence-electron chi connectivity index (χ3n) is 4.36. The van der Waals surface area contributed by atoms with Crippen LogP contribution in [-0.2, 0) is 6.18 Å². The number of alkyl halides is 3. The Balaban J connectivity index is 1.97. The van der Waals surface area contributed by atoms with Gasteiger partial charge in [0.25, 0.3) is 5.56 Å². The molecule has 0 unspecified atom stereocenters. The van der Waals surface area contributed by atoms with Gasteiger partial charge in [-0.15, -0.1) is 11.3 Å². The largest absolute Gasteiger partial charge is 0.506 e. The summed E-state index contributed by atoms with van der Waals surface area (Å²) in [4.78, 5) is 15.6. The van der Waals surface area contributed by atoms with Gasteiger partial charge < -0.3 is 10.1 Å². The number of aromatic nitrogens is 1. The number of thiophene rings is 1. The summed E-state index contributed by atoms with van der Waals surface area (Å²) in [6.07, 6.45) is -4.49. The van der Waals surface area contributed by atoms with Gasteiger partial charge in [0.2, 0.25) is 0 Å². The molecule has 0 bridgehead atoms. The van der Waals surface area contributed by atoms with E-state index in [0.29, 0.717) is 20.1 Å². The van der Waals surface area contributed by atoms with Crippen LogP contribution in [0.3, 0.4) is 0 Å². The van der Waals surface area contributed by atoms with E-state index in [1.54, 1.807) is 0 Å². The summed E-state index contributed by atoms with van der Waals surface area (Å²) >= 11 is 7.47. The van der Waals surface area contributed by atoms with Gasteiger partial charge in [-0.25, -0.2) is 0 Å². The maximum Gasteiger partial charge on any atom is 0.416 e. The molecule has 0 atom stereocenters. The van der Waals surface area contributed by atoms with Crippen molar-refractivity contribution < 1.29 is 18.3 Å². The smallest absolute Gasteiger partial charge is 0.416 e. The second kappa shape index (κ2) is 6.68. The minimum atomic E-state index is -4.49. The molecule has 2 aromatic carbocycles. The number of nitrogens with one attached hydrogen (secondary N) is 1. The van der Waals surface area contributed by atoms with Gasteiger partial charge in [0, 0.05) is 5.56 Å². The van der Waals surface area contributed by atoms with Crippen molar-refractivity contribution in [1.29, 1.82) is 0 Å². The molecule has 2 heterocycles. The van der Waals surface area contributed by atoms with Crippen LogP contribution in [0, 0.1) is 0 Å². The summed E-state index contributed by atoms with van der Waals surface area (Å²) < 4.78 is 38.8. The number of hydrogen-bond acceptors (Lipinski definition) is 3. The molecule has 2 aromatic heterocycles. The second-order valence-corrected chi connectivity index (χ2v) is 7.70. The van der Waals surface area contributed by atoms with Crippen molar-refractivity contribution in [2.75, 3.05) is 0 Å². The molecule has 0 amide bonds. The molecule has 3 nitrogen and oxygen atoms in total. The first-order chi connectivity index (χ1) is 13.3. The van der Waals surface area contributed by atoms with E-state index in [-0.39, 0.29) is 16.9 Å². The Hall–Kier alpha value is -2.77. The number of fused-ring (bicyclic) bond motifs is 1. The Morgan fingerprint density at radius 2 is 1.54 bits per heavy atom. The van der Waals surface area contributed by atoms with Gasteiger partial charge in [0.1, 0.15) is 14.9 Å². The highest BCUT2D eigenvalue weighted by Gasteiger charge is 2.30. The number of aromatic amines is 1. The van der Waals surface area contributed by atoms with E-state index in [2.05, 4.69) is 4.98 Å². The summed E-state index contributed by atoms with van der Waals surface area (Å²) in [5.41, 5.74) is -0.0643. The number of rotatable bonds is 2. The molecular weight excluding hydrogens is 411 g/mol. The number of aromatic hydroxyl groups is 1. The molecule has 142 valence electrons. The molecule has 0 radical (unpaired) electrons. The van der Waals surface area contributed by atoms with Gasteiger partial charge in [0.15, 0.2) is 0 Å². The summed E-state index contributed by atoms with van der Waals surface area (Å²) in [6.45, 7) is 0. The fraction of sp³-hybridized carbons (Fsp3) is 0.0500. The summed E-state index contributed by atoms with van der Waals surface area (Å²) in [7, 11) is 0. The molecule has 4 aromatic rings. The molecule has 0 saturated heterocycles. The average Bonchev–Trinajstić information content (AvgIpc) is 2.98. The molecule has 28 heavy (non-hydrogen) atoms. The average molecular weight is 422 g/mol. The monoisotopic (exact) mass is 421 g/mol. The van der Waals surface area contributed by atoms with Crippen LogP contribution in [0.5, 0.6) is 5.75 Å². The lowest BCUT2D eigenvalue weighted by atomic mass is 10.00. The lowest BCUT2D eigenvalue weighted by Gasteiger charge is -2.10. The first-order valence-corrected chi connectivity index (χ1v) is 9.27. The molecular formula is C20H11ClF3NO2S. The number of halogens is 4. The van der Waals surface area contributed by atoms with Gasteiger partial charge >= 0.3 is 6.18 Å². The van der Waals surface area contributed by atoms with Crippen LogP contribution in [0.25, 0.3) is 32.5 Å². The van der Waals surface area contributed by atoms with Crippen LogP contribution in [-0.4, -0.2) is 10.1 Å². The highest BCUT2D eigenvalue weighted by molar-refractivity contribution is 7.23. The van der Waals surface area contributed by atoms with Crippen LogP contribution in [0.4, 0.5) is 13.2 Å². The van der Waals surface area contributed by atoms with Gasteiger partial charge in [-0.2, -0.15) is 13.2 Å². The molecule has 2 N–H and O–H groups in total. The Bertz CT molecular complexity index is 1230. The minimum Gasteiger partial charge on any atom is -0.506 e. The third-order valence-corrected chi connectivity index (χ3v) is 5.67. The normalized spacial score (nSPS) is 11.9. The molecule has 0 fully saturated rings. The second-order valence-electron chi connectivity index (χ2n) is 6.07. The van der Waals surface area contributed by atoms with E-state index in [1.165, 1.54) is 0 Å². The Labute approximate surface area is 165 Å². The highest BCUT2D eigenvalue weighted by atomic mass is 35.5. The Morgan fingerprint density at radius 3 is 2.14 bits per heavy atom. The first-order valence-electron chi connectivity index (χ1n) is 8.07. The zero-order valence-corrected chi connectivity index (χ0v) is 15.5. The van der Waals surface area contributed by atoms with Crippen molar-refractivity contribution >= 4 is 33.2 Å². The van der Waals surface area contributed by atoms with Crippen LogP contribution < -0.4 is 5.56 Å². The summed E-state index contributed by atoms with van der Waals surface area (Å²) in [5, 5.41) is 11.2. The zero-order chi connectivity index (χ0) is 20.1. The van der Waals surface area contributed by atoms with E-state index >= 15 is 0 Å². The first kappa shape index (κ1) is 18.6. The topological polar surface area (TPSA) is 53.1 Å². The Kier molecular flexibility index (Phi) is 4.44. The molecule has 0 aliphatic carbocycles. The van der Waals surface area contributed by atoms with Crippen molar-refractivity contribution in [3.63, 3.8) is 0 Å². The van der Waals surface area contributed by atoms with Crippen LogP contribution in [0.2, 0.25) is 4.34 Å². The lowest BCUT2D eigenvalue weighted by Crippen LogP contribution is -2.09. The van der Waals surface area contributed by atoms with E-state index < -0.39 is 17.3 Å². The third kappa shape index (κ3) is 3.06. The Morgan fingerprint density at radius 1 is 0.929 bits per heavy atom. The minimum absolute atomic E-state index is 0.104. The van der Waals surface area contributed by atoms with E-state index in [9.17, 15) is 23.1 Å². The van der Waals surface area contributed by atoms with E-state index in [4.69, 9.17) is 11.6 Å². The van der Waals surface area contributed by atoms with Gasteiger partial charge in [-0.3, -0.25) is 4.79 Å². The number of H-pyrrole nitrogens is 1. The molecule has 0 saturated carbocycles. The molecule has 0 aliphatic rings. The zero-order valence-electron chi connectivity index (χ0n) is 14.0. The van der Waals surface area contributed by atoms with E-state index in [1.807, 2.05) is 30.3 Å². The predicted octanol–water partition coefficient (Wildman–Crippen LogP) is 6.30. The summed E-state index contributed by atoms with van der Waals surface area (Å²) in [6, 6.07) is 13.2. The van der Waals surface area contributed by atoms with Crippen LogP contribution >= 0.6 is 22.9 Å². The van der Waals surface area contributed by atoms with Crippen molar-refractivity contribution in [2.45, 2.75) is 6.18 Å². The fourth-order valence-corrected chi connectivity index (χ4v) is 4.45. The quantitative estimate of drug-likeness (QED) is 0.399. The highest BCUT2D eigenvalue weighted by Crippen LogP contribution is 2.46. The number of benzene rings is 2. The number of pyridine rings is 1. The fourth-order valence-electron chi connectivity index (χ4n) is 3.07. The molecule has 8 heteroatoms. The maximum absolute atomic E-state index is 12.8. The SMILES string of the molecule is O=c1[nH]c2sc(Cl)c(-c3ccccc3)c2c(O)c1-c1ccc(C(F)(F)F)cc1. The van der Waals surface area contributed by atoms with Crippen molar-refractivity contribution in [1.82, 2.24) is 4.98 Å². The molecule has 0 spiro atoms. The van der Waals surface area contributed by atoms with Crippen LogP contribution in [0.15, 0.2) is 59.4 Å². The predicted molar refractivity (Wildman–Crippen MR) is 105 cm³/mol. The summed E-state index contributed by atoms with van der Waals surface area (Å²) in [5.74, 6) is -0.319. The van der Waals surface area contributed by atoms with Crippen LogP contribution in [0.1, 0.15) is 5.56 Å². The molecule has 0 aliphatic heterocycles. The molecule has 4 rings (SSSR count).